The summed E-state index contributed by atoms with van der Waals surface area (Å²) in [6, 6.07) is 8.59. The van der Waals surface area contributed by atoms with Crippen LogP contribution in [0, 0.1) is 0 Å². The zero-order valence-electron chi connectivity index (χ0n) is 10.0. The van der Waals surface area contributed by atoms with E-state index in [1.165, 1.54) is 17.7 Å². The lowest BCUT2D eigenvalue weighted by molar-refractivity contribution is -0.116. The average Bonchev–Trinajstić information content (AvgIpc) is 3.13. The van der Waals surface area contributed by atoms with E-state index >= 15 is 0 Å². The highest BCUT2D eigenvalue weighted by atomic mass is 32.2. The van der Waals surface area contributed by atoms with Crippen molar-refractivity contribution >= 4 is 23.4 Å². The molecule has 0 unspecified atom stereocenters. The number of rotatable bonds is 6. The minimum atomic E-state index is 0.0800. The van der Waals surface area contributed by atoms with Crippen molar-refractivity contribution in [1.82, 2.24) is 5.32 Å². The maximum absolute atomic E-state index is 11.7. The lowest BCUT2D eigenvalue weighted by Gasteiger charge is -2.06. The van der Waals surface area contributed by atoms with Crippen LogP contribution in [0.1, 0.15) is 19.3 Å². The van der Waals surface area contributed by atoms with Crippen molar-refractivity contribution in [3.05, 3.63) is 24.3 Å². The van der Waals surface area contributed by atoms with Gasteiger partial charge >= 0.3 is 0 Å². The summed E-state index contributed by atoms with van der Waals surface area (Å²) in [5.74, 6) is 0.0800. The van der Waals surface area contributed by atoms with Gasteiger partial charge in [0.15, 0.2) is 0 Å². The van der Waals surface area contributed by atoms with E-state index < -0.39 is 0 Å². The molecule has 0 radical (unpaired) electrons. The van der Waals surface area contributed by atoms with E-state index in [2.05, 4.69) is 10.6 Å². The van der Waals surface area contributed by atoms with Crippen LogP contribution in [-0.4, -0.2) is 24.7 Å². The molecule has 3 nitrogen and oxygen atoms in total. The zero-order valence-corrected chi connectivity index (χ0v) is 10.8. The number of amides is 1. The number of nitrogens with one attached hydrogen (secondary N) is 2. The van der Waals surface area contributed by atoms with Crippen LogP contribution in [-0.2, 0) is 4.79 Å². The molecule has 1 amide bonds. The average molecular weight is 250 g/mol. The third-order valence-corrected chi connectivity index (χ3v) is 3.44. The van der Waals surface area contributed by atoms with Gasteiger partial charge in [0.05, 0.1) is 0 Å². The Morgan fingerprint density at radius 2 is 2.29 bits per heavy atom. The van der Waals surface area contributed by atoms with Gasteiger partial charge in [0.2, 0.25) is 5.91 Å². The third kappa shape index (κ3) is 4.40. The van der Waals surface area contributed by atoms with Crippen molar-refractivity contribution in [1.29, 1.82) is 0 Å². The first-order valence-electron chi connectivity index (χ1n) is 5.95. The summed E-state index contributed by atoms with van der Waals surface area (Å²) in [6.45, 7) is 0.777. The molecule has 1 aliphatic carbocycles. The van der Waals surface area contributed by atoms with Gasteiger partial charge < -0.3 is 10.6 Å². The summed E-state index contributed by atoms with van der Waals surface area (Å²) < 4.78 is 0. The van der Waals surface area contributed by atoms with E-state index in [0.717, 1.165) is 12.2 Å². The van der Waals surface area contributed by atoms with Crippen molar-refractivity contribution < 1.29 is 4.79 Å². The second kappa shape index (κ2) is 6.07. The Balaban J connectivity index is 1.75. The van der Waals surface area contributed by atoms with Gasteiger partial charge in [-0.2, -0.15) is 0 Å². The van der Waals surface area contributed by atoms with Gasteiger partial charge in [-0.05, 0) is 37.3 Å². The Hall–Kier alpha value is -1.00. The van der Waals surface area contributed by atoms with Gasteiger partial charge in [-0.1, -0.05) is 6.07 Å². The first-order chi connectivity index (χ1) is 8.28. The fraction of sp³-hybridized carbons (Fsp3) is 0.462. The van der Waals surface area contributed by atoms with E-state index in [-0.39, 0.29) is 5.91 Å². The molecule has 0 heterocycles. The molecule has 0 saturated heterocycles. The summed E-state index contributed by atoms with van der Waals surface area (Å²) in [5.41, 5.74) is 0.883. The van der Waals surface area contributed by atoms with Gasteiger partial charge in [-0.15, -0.1) is 11.8 Å². The monoisotopic (exact) mass is 250 g/mol. The highest BCUT2D eigenvalue weighted by molar-refractivity contribution is 7.98. The van der Waals surface area contributed by atoms with Crippen LogP contribution in [0.2, 0.25) is 0 Å². The van der Waals surface area contributed by atoms with Crippen molar-refractivity contribution in [2.75, 3.05) is 18.1 Å². The van der Waals surface area contributed by atoms with Gasteiger partial charge in [-0.25, -0.2) is 0 Å². The van der Waals surface area contributed by atoms with Crippen LogP contribution in [0.4, 0.5) is 5.69 Å². The predicted octanol–water partition coefficient (Wildman–Crippen LogP) is 2.49. The molecule has 1 aliphatic rings. The van der Waals surface area contributed by atoms with Crippen molar-refractivity contribution in [3.8, 4) is 0 Å². The minimum Gasteiger partial charge on any atom is -0.326 e. The summed E-state index contributed by atoms with van der Waals surface area (Å²) in [7, 11) is 0. The highest BCUT2D eigenvalue weighted by Crippen LogP contribution is 2.19. The Bertz CT molecular complexity index is 391. The van der Waals surface area contributed by atoms with Crippen LogP contribution in [0.25, 0.3) is 0 Å². The third-order valence-electron chi connectivity index (χ3n) is 2.72. The SMILES string of the molecule is CSc1cccc(NC(=O)CCNC2CC2)c1. The molecule has 2 N–H and O–H groups in total. The molecule has 0 bridgehead atoms. The number of hydrogen-bond acceptors (Lipinski definition) is 3. The van der Waals surface area contributed by atoms with Gasteiger partial charge in [-0.3, -0.25) is 4.79 Å². The van der Waals surface area contributed by atoms with Crippen molar-refractivity contribution in [2.24, 2.45) is 0 Å². The summed E-state index contributed by atoms with van der Waals surface area (Å²) in [6.07, 6.45) is 5.09. The first kappa shape index (κ1) is 12.5. The Kier molecular flexibility index (Phi) is 4.45. The van der Waals surface area contributed by atoms with Crippen LogP contribution < -0.4 is 10.6 Å². The van der Waals surface area contributed by atoms with Gasteiger partial charge in [0, 0.05) is 29.6 Å². The molecule has 92 valence electrons. The van der Waals surface area contributed by atoms with Crippen LogP contribution >= 0.6 is 11.8 Å². The fourth-order valence-electron chi connectivity index (χ4n) is 1.60. The quantitative estimate of drug-likeness (QED) is 0.762. The number of thioether (sulfide) groups is 1. The number of hydrogen-bond donors (Lipinski definition) is 2. The number of anilines is 1. The largest absolute Gasteiger partial charge is 0.326 e. The molecule has 0 spiro atoms. The lowest BCUT2D eigenvalue weighted by atomic mass is 10.3. The van der Waals surface area contributed by atoms with E-state index in [4.69, 9.17) is 0 Å². The topological polar surface area (TPSA) is 41.1 Å². The van der Waals surface area contributed by atoms with E-state index in [0.29, 0.717) is 12.5 Å². The maximum atomic E-state index is 11.7. The smallest absolute Gasteiger partial charge is 0.225 e. The van der Waals surface area contributed by atoms with Crippen LogP contribution in [0.15, 0.2) is 29.2 Å². The number of carbonyl (C=O) groups excluding carboxylic acids is 1. The number of carbonyl (C=O) groups is 1. The second-order valence-corrected chi connectivity index (χ2v) is 5.14. The van der Waals surface area contributed by atoms with Gasteiger partial charge in [0.1, 0.15) is 0 Å². The number of benzene rings is 1. The Labute approximate surface area is 106 Å². The summed E-state index contributed by atoms with van der Waals surface area (Å²) in [5, 5.41) is 6.25. The fourth-order valence-corrected chi connectivity index (χ4v) is 2.06. The first-order valence-corrected chi connectivity index (χ1v) is 7.17. The normalized spacial score (nSPS) is 14.6. The second-order valence-electron chi connectivity index (χ2n) is 4.26. The van der Waals surface area contributed by atoms with E-state index in [1.54, 1.807) is 11.8 Å². The molecule has 0 aliphatic heterocycles. The molecule has 2 rings (SSSR count). The Morgan fingerprint density at radius 1 is 1.47 bits per heavy atom. The van der Waals surface area contributed by atoms with E-state index in [1.807, 2.05) is 30.5 Å². The van der Waals surface area contributed by atoms with Crippen LogP contribution in [0.5, 0.6) is 0 Å². The molecule has 1 saturated carbocycles. The molecule has 0 atom stereocenters. The Morgan fingerprint density at radius 3 is 3.00 bits per heavy atom. The van der Waals surface area contributed by atoms with E-state index in [9.17, 15) is 4.79 Å². The molecule has 0 aromatic heterocycles. The molecule has 1 fully saturated rings. The van der Waals surface area contributed by atoms with Crippen molar-refractivity contribution in [2.45, 2.75) is 30.2 Å². The summed E-state index contributed by atoms with van der Waals surface area (Å²) in [4.78, 5) is 12.8. The minimum absolute atomic E-state index is 0.0800. The standard InChI is InChI=1S/C13H18N2OS/c1-17-12-4-2-3-11(9-12)15-13(16)7-8-14-10-5-6-10/h2-4,9-10,14H,5-8H2,1H3,(H,15,16). The highest BCUT2D eigenvalue weighted by Gasteiger charge is 2.20. The van der Waals surface area contributed by atoms with Gasteiger partial charge in [0.25, 0.3) is 0 Å². The molecular weight excluding hydrogens is 232 g/mol. The molecule has 1 aromatic carbocycles. The van der Waals surface area contributed by atoms with Crippen molar-refractivity contribution in [3.63, 3.8) is 0 Å². The maximum Gasteiger partial charge on any atom is 0.225 e. The molecular formula is C13H18N2OS. The predicted molar refractivity (Wildman–Crippen MR) is 72.5 cm³/mol. The lowest BCUT2D eigenvalue weighted by Crippen LogP contribution is -2.23. The molecule has 4 heteroatoms. The zero-order chi connectivity index (χ0) is 12.1. The summed E-state index contributed by atoms with van der Waals surface area (Å²) >= 11 is 1.68. The van der Waals surface area contributed by atoms with Crippen LogP contribution in [0.3, 0.4) is 0 Å². The molecule has 1 aromatic rings. The molecule has 17 heavy (non-hydrogen) atoms.